The van der Waals surface area contributed by atoms with Crippen LogP contribution in [0.15, 0.2) is 42.6 Å². The first kappa shape index (κ1) is 22.6. The van der Waals surface area contributed by atoms with Gasteiger partial charge in [0.1, 0.15) is 18.2 Å². The number of urea groups is 1. The van der Waals surface area contributed by atoms with Crippen LogP contribution in [0.4, 0.5) is 23.7 Å². The molecule has 33 heavy (non-hydrogen) atoms. The maximum Gasteiger partial charge on any atom is 0.416 e. The van der Waals surface area contributed by atoms with Crippen LogP contribution in [0.5, 0.6) is 5.88 Å². The molecule has 1 aromatic carbocycles. The highest BCUT2D eigenvalue weighted by Gasteiger charge is 2.43. The molecule has 0 unspecified atom stereocenters. The SMILES string of the molecule is NC(=O)c1cccnc1O[C@H]1CC[C@H](N2C(=O)CN(c3cccc(C(F)(F)F)c3)C2=O)CC1. The Labute approximate surface area is 187 Å². The fourth-order valence-electron chi connectivity index (χ4n) is 4.18. The summed E-state index contributed by atoms with van der Waals surface area (Å²) in [7, 11) is 0. The quantitative estimate of drug-likeness (QED) is 0.686. The van der Waals surface area contributed by atoms with Crippen molar-refractivity contribution < 1.29 is 32.3 Å². The molecule has 1 saturated carbocycles. The van der Waals surface area contributed by atoms with E-state index in [1.807, 2.05) is 0 Å². The number of halogens is 3. The minimum atomic E-state index is -4.55. The van der Waals surface area contributed by atoms with Gasteiger partial charge in [0.05, 0.1) is 5.56 Å². The molecule has 0 radical (unpaired) electrons. The molecule has 1 saturated heterocycles. The Bertz CT molecular complexity index is 1080. The van der Waals surface area contributed by atoms with Crippen LogP contribution in [0.3, 0.4) is 0 Å². The standard InChI is InChI=1S/C22H21F3N4O4/c23-22(24,25)13-3-1-4-15(11-13)28-12-18(30)29(21(28)32)14-6-8-16(9-7-14)33-20-17(19(26)31)5-2-10-27-20/h1-5,10-11,14,16H,6-9,12H2,(H2,26,31)/t14-,16-. The molecule has 11 heteroatoms. The number of nitrogens with two attached hydrogens (primary N) is 1. The number of ether oxygens (including phenoxy) is 1. The Balaban J connectivity index is 1.42. The van der Waals surface area contributed by atoms with Crippen LogP contribution in [0.25, 0.3) is 0 Å². The molecule has 0 spiro atoms. The van der Waals surface area contributed by atoms with E-state index in [2.05, 4.69) is 4.98 Å². The van der Waals surface area contributed by atoms with Gasteiger partial charge < -0.3 is 10.5 Å². The summed E-state index contributed by atoms with van der Waals surface area (Å²) in [6.45, 7) is -0.313. The Morgan fingerprint density at radius 2 is 1.82 bits per heavy atom. The van der Waals surface area contributed by atoms with Crippen LogP contribution in [0, 0.1) is 0 Å². The molecule has 2 aliphatic rings. The summed E-state index contributed by atoms with van der Waals surface area (Å²) in [5.74, 6) is -0.977. The lowest BCUT2D eigenvalue weighted by molar-refractivity contribution is -0.137. The van der Waals surface area contributed by atoms with Crippen LogP contribution in [-0.2, 0) is 11.0 Å². The smallest absolute Gasteiger partial charge is 0.416 e. The van der Waals surface area contributed by atoms with Gasteiger partial charge in [0.25, 0.3) is 11.8 Å². The highest BCUT2D eigenvalue weighted by Crippen LogP contribution is 2.34. The summed E-state index contributed by atoms with van der Waals surface area (Å²) in [6.07, 6.45) is -1.43. The van der Waals surface area contributed by atoms with E-state index in [1.165, 1.54) is 24.4 Å². The Hall–Kier alpha value is -3.63. The Morgan fingerprint density at radius 3 is 2.48 bits per heavy atom. The highest BCUT2D eigenvalue weighted by molar-refractivity contribution is 6.12. The summed E-state index contributed by atoms with van der Waals surface area (Å²) in [4.78, 5) is 43.3. The molecule has 1 aromatic heterocycles. The van der Waals surface area contributed by atoms with E-state index in [0.29, 0.717) is 25.7 Å². The molecule has 2 N–H and O–H groups in total. The number of primary amides is 1. The number of hydrogen-bond donors (Lipinski definition) is 1. The second kappa shape index (κ2) is 8.72. The average molecular weight is 462 g/mol. The number of carbonyl (C=O) groups is 3. The topological polar surface area (TPSA) is 106 Å². The zero-order valence-corrected chi connectivity index (χ0v) is 17.4. The monoisotopic (exact) mass is 462 g/mol. The molecule has 8 nitrogen and oxygen atoms in total. The molecular weight excluding hydrogens is 441 g/mol. The van der Waals surface area contributed by atoms with Crippen molar-refractivity contribution in [2.24, 2.45) is 5.73 Å². The van der Waals surface area contributed by atoms with E-state index >= 15 is 0 Å². The van der Waals surface area contributed by atoms with Crippen molar-refractivity contribution in [3.63, 3.8) is 0 Å². The molecular formula is C22H21F3N4O4. The molecule has 174 valence electrons. The second-order valence-electron chi connectivity index (χ2n) is 7.95. The van der Waals surface area contributed by atoms with Crippen LogP contribution in [0.2, 0.25) is 0 Å². The van der Waals surface area contributed by atoms with E-state index < -0.39 is 29.6 Å². The first-order chi connectivity index (χ1) is 15.6. The van der Waals surface area contributed by atoms with Crippen molar-refractivity contribution in [1.29, 1.82) is 0 Å². The number of aromatic nitrogens is 1. The zero-order valence-electron chi connectivity index (χ0n) is 17.4. The van der Waals surface area contributed by atoms with Crippen molar-refractivity contribution in [2.75, 3.05) is 11.4 Å². The number of carbonyl (C=O) groups excluding carboxylic acids is 3. The highest BCUT2D eigenvalue weighted by atomic mass is 19.4. The van der Waals surface area contributed by atoms with Gasteiger partial charge >= 0.3 is 12.2 Å². The molecule has 2 fully saturated rings. The van der Waals surface area contributed by atoms with Crippen molar-refractivity contribution >= 4 is 23.5 Å². The number of alkyl halides is 3. The number of imide groups is 1. The number of nitrogens with zero attached hydrogens (tertiary/aromatic N) is 3. The maximum atomic E-state index is 13.0. The lowest BCUT2D eigenvalue weighted by Gasteiger charge is -2.33. The first-order valence-electron chi connectivity index (χ1n) is 10.4. The fourth-order valence-corrected chi connectivity index (χ4v) is 4.18. The van der Waals surface area contributed by atoms with E-state index in [9.17, 15) is 27.6 Å². The third-order valence-electron chi connectivity index (χ3n) is 5.81. The Kier molecular flexibility index (Phi) is 5.96. The van der Waals surface area contributed by atoms with Gasteiger partial charge in [-0.2, -0.15) is 13.2 Å². The second-order valence-corrected chi connectivity index (χ2v) is 7.95. The largest absolute Gasteiger partial charge is 0.474 e. The number of hydrogen-bond acceptors (Lipinski definition) is 5. The van der Waals surface area contributed by atoms with Crippen LogP contribution >= 0.6 is 0 Å². The zero-order chi connectivity index (χ0) is 23.8. The maximum absolute atomic E-state index is 13.0. The summed E-state index contributed by atoms with van der Waals surface area (Å²) >= 11 is 0. The van der Waals surface area contributed by atoms with Gasteiger partial charge in [-0.3, -0.25) is 19.4 Å². The number of rotatable bonds is 5. The number of amides is 4. The van der Waals surface area contributed by atoms with Gasteiger partial charge in [-0.15, -0.1) is 0 Å². The minimum absolute atomic E-state index is 0.0248. The summed E-state index contributed by atoms with van der Waals surface area (Å²) in [6, 6.07) is 6.42. The first-order valence-corrected chi connectivity index (χ1v) is 10.4. The van der Waals surface area contributed by atoms with Crippen LogP contribution in [-0.4, -0.2) is 46.4 Å². The molecule has 0 bridgehead atoms. The summed E-state index contributed by atoms with van der Waals surface area (Å²) in [5, 5.41) is 0. The van der Waals surface area contributed by atoms with E-state index in [-0.39, 0.29) is 35.8 Å². The predicted octanol–water partition coefficient (Wildman–Crippen LogP) is 3.36. The van der Waals surface area contributed by atoms with E-state index in [0.717, 1.165) is 21.9 Å². The number of anilines is 1. The molecule has 4 amide bonds. The normalized spacial score (nSPS) is 21.4. The van der Waals surface area contributed by atoms with Gasteiger partial charge in [0, 0.05) is 17.9 Å². The third-order valence-corrected chi connectivity index (χ3v) is 5.81. The summed E-state index contributed by atoms with van der Waals surface area (Å²) < 4.78 is 44.9. The lowest BCUT2D eigenvalue weighted by atomic mass is 9.92. The predicted molar refractivity (Wildman–Crippen MR) is 110 cm³/mol. The van der Waals surface area contributed by atoms with Crippen LogP contribution < -0.4 is 15.4 Å². The van der Waals surface area contributed by atoms with E-state index in [4.69, 9.17) is 10.5 Å². The van der Waals surface area contributed by atoms with Crippen molar-refractivity contribution in [3.05, 3.63) is 53.7 Å². The van der Waals surface area contributed by atoms with Crippen molar-refractivity contribution in [1.82, 2.24) is 9.88 Å². The Morgan fingerprint density at radius 1 is 1.09 bits per heavy atom. The molecule has 4 rings (SSSR count). The molecule has 2 heterocycles. The van der Waals surface area contributed by atoms with Crippen molar-refractivity contribution in [3.8, 4) is 5.88 Å². The fraction of sp³-hybridized carbons (Fsp3) is 0.364. The van der Waals surface area contributed by atoms with Gasteiger partial charge in [0.15, 0.2) is 0 Å². The molecule has 2 aromatic rings. The van der Waals surface area contributed by atoms with Crippen LogP contribution in [0.1, 0.15) is 41.6 Å². The summed E-state index contributed by atoms with van der Waals surface area (Å²) in [5.41, 5.74) is 4.65. The molecule has 0 atom stereocenters. The van der Waals surface area contributed by atoms with Gasteiger partial charge in [0.2, 0.25) is 5.88 Å². The minimum Gasteiger partial charge on any atom is -0.474 e. The molecule has 1 aliphatic carbocycles. The molecule has 1 aliphatic heterocycles. The third kappa shape index (κ3) is 4.62. The van der Waals surface area contributed by atoms with Gasteiger partial charge in [-0.25, -0.2) is 9.78 Å². The van der Waals surface area contributed by atoms with Crippen molar-refractivity contribution in [2.45, 2.75) is 44.0 Å². The van der Waals surface area contributed by atoms with Gasteiger partial charge in [-0.1, -0.05) is 6.07 Å². The number of benzene rings is 1. The average Bonchev–Trinajstić information content (AvgIpc) is 3.08. The van der Waals surface area contributed by atoms with Gasteiger partial charge in [-0.05, 0) is 56.0 Å². The van der Waals surface area contributed by atoms with E-state index in [1.54, 1.807) is 6.07 Å². The lowest BCUT2D eigenvalue weighted by Crippen LogP contribution is -2.44. The number of pyridine rings is 1.